The molecule has 1 atom stereocenters. The Morgan fingerprint density at radius 3 is 2.75 bits per heavy atom. The van der Waals surface area contributed by atoms with Crippen LogP contribution in [0.2, 0.25) is 0 Å². The van der Waals surface area contributed by atoms with E-state index in [4.69, 9.17) is 0 Å². The fourth-order valence-electron chi connectivity index (χ4n) is 3.55. The number of hydrogen-bond acceptors (Lipinski definition) is 0. The van der Waals surface area contributed by atoms with E-state index in [1.165, 1.54) is 40.6 Å². The van der Waals surface area contributed by atoms with Gasteiger partial charge < -0.3 is 4.98 Å². The van der Waals surface area contributed by atoms with E-state index in [9.17, 15) is 0 Å². The van der Waals surface area contributed by atoms with Gasteiger partial charge in [0.25, 0.3) is 0 Å². The van der Waals surface area contributed by atoms with E-state index in [1.54, 1.807) is 5.56 Å². The third-order valence-electron chi connectivity index (χ3n) is 4.61. The minimum Gasteiger partial charge on any atom is -0.358 e. The molecule has 1 aliphatic rings. The van der Waals surface area contributed by atoms with Gasteiger partial charge in [-0.2, -0.15) is 0 Å². The Hall–Kier alpha value is -2.02. The summed E-state index contributed by atoms with van der Waals surface area (Å²) in [6.45, 7) is 2.18. The third-order valence-corrected chi connectivity index (χ3v) is 4.61. The van der Waals surface area contributed by atoms with Crippen LogP contribution >= 0.6 is 0 Å². The molecule has 100 valence electrons. The smallest absolute Gasteiger partial charge is 0.0459 e. The van der Waals surface area contributed by atoms with Gasteiger partial charge in [-0.05, 0) is 55.4 Å². The molecule has 0 spiro atoms. The molecule has 0 saturated carbocycles. The highest BCUT2D eigenvalue weighted by Crippen LogP contribution is 2.36. The Morgan fingerprint density at radius 2 is 1.90 bits per heavy atom. The lowest BCUT2D eigenvalue weighted by Crippen LogP contribution is -2.12. The molecule has 3 aromatic rings. The van der Waals surface area contributed by atoms with Crippen molar-refractivity contribution < 1.29 is 0 Å². The van der Waals surface area contributed by atoms with Crippen LogP contribution in [0.25, 0.3) is 10.9 Å². The highest BCUT2D eigenvalue weighted by molar-refractivity contribution is 5.85. The molecule has 0 fully saturated rings. The zero-order valence-corrected chi connectivity index (χ0v) is 11.8. The fraction of sp³-hybridized carbons (Fsp3) is 0.263. The van der Waals surface area contributed by atoms with E-state index in [0.717, 1.165) is 6.42 Å². The van der Waals surface area contributed by atoms with Crippen molar-refractivity contribution in [3.63, 3.8) is 0 Å². The first-order valence-electron chi connectivity index (χ1n) is 7.46. The van der Waals surface area contributed by atoms with Crippen LogP contribution in [0.15, 0.2) is 48.5 Å². The lowest BCUT2D eigenvalue weighted by Gasteiger charge is -2.22. The van der Waals surface area contributed by atoms with Gasteiger partial charge >= 0.3 is 0 Å². The largest absolute Gasteiger partial charge is 0.358 e. The van der Waals surface area contributed by atoms with E-state index in [0.29, 0.717) is 5.92 Å². The summed E-state index contributed by atoms with van der Waals surface area (Å²) in [6, 6.07) is 17.7. The summed E-state index contributed by atoms with van der Waals surface area (Å²) in [4.78, 5) is 3.64. The normalized spacial score (nSPS) is 18.1. The van der Waals surface area contributed by atoms with Crippen molar-refractivity contribution >= 4 is 10.9 Å². The van der Waals surface area contributed by atoms with Crippen LogP contribution in [0.5, 0.6) is 0 Å². The standard InChI is InChI=1S/C19H19N/c1-13-7-10-18-17(11-13)16-9-8-15(12-19(16)20-18)14-5-3-2-4-6-14/h2-7,10-11,15,20H,8-9,12H2,1H3. The Bertz CT molecular complexity index is 752. The summed E-state index contributed by atoms with van der Waals surface area (Å²) >= 11 is 0. The first-order chi connectivity index (χ1) is 9.81. The van der Waals surface area contributed by atoms with E-state index >= 15 is 0 Å². The van der Waals surface area contributed by atoms with E-state index < -0.39 is 0 Å². The van der Waals surface area contributed by atoms with Gasteiger partial charge in [-0.1, -0.05) is 42.0 Å². The van der Waals surface area contributed by atoms with Crippen molar-refractivity contribution in [1.82, 2.24) is 4.98 Å². The van der Waals surface area contributed by atoms with Crippen LogP contribution in [-0.2, 0) is 12.8 Å². The molecule has 4 rings (SSSR count). The van der Waals surface area contributed by atoms with Crippen molar-refractivity contribution in [2.75, 3.05) is 0 Å². The second-order valence-electron chi connectivity index (χ2n) is 5.98. The summed E-state index contributed by atoms with van der Waals surface area (Å²) in [7, 11) is 0. The number of fused-ring (bicyclic) bond motifs is 3. The van der Waals surface area contributed by atoms with Crippen LogP contribution in [0, 0.1) is 6.92 Å². The molecule has 1 nitrogen and oxygen atoms in total. The molecule has 1 heteroatoms. The summed E-state index contributed by atoms with van der Waals surface area (Å²) < 4.78 is 0. The Kier molecular flexibility index (Phi) is 2.66. The second-order valence-corrected chi connectivity index (χ2v) is 5.98. The molecule has 0 radical (unpaired) electrons. The highest BCUT2D eigenvalue weighted by Gasteiger charge is 2.23. The number of aryl methyl sites for hydroxylation is 2. The van der Waals surface area contributed by atoms with Crippen LogP contribution in [0.3, 0.4) is 0 Å². The zero-order chi connectivity index (χ0) is 13.5. The fourth-order valence-corrected chi connectivity index (χ4v) is 3.55. The summed E-state index contributed by atoms with van der Waals surface area (Å²) in [6.07, 6.45) is 3.60. The predicted octanol–water partition coefficient (Wildman–Crippen LogP) is 4.75. The van der Waals surface area contributed by atoms with E-state index in [1.807, 2.05) is 0 Å². The topological polar surface area (TPSA) is 15.8 Å². The van der Waals surface area contributed by atoms with Crippen molar-refractivity contribution in [3.05, 3.63) is 70.9 Å². The van der Waals surface area contributed by atoms with Gasteiger partial charge in [-0.3, -0.25) is 0 Å². The second kappa shape index (κ2) is 4.52. The quantitative estimate of drug-likeness (QED) is 0.650. The Balaban J connectivity index is 1.75. The van der Waals surface area contributed by atoms with Crippen molar-refractivity contribution in [2.45, 2.75) is 32.1 Å². The Morgan fingerprint density at radius 1 is 1.05 bits per heavy atom. The van der Waals surface area contributed by atoms with Gasteiger partial charge in [0.15, 0.2) is 0 Å². The molecular formula is C19H19N. The molecule has 1 heterocycles. The molecule has 0 saturated heterocycles. The number of H-pyrrole nitrogens is 1. The predicted molar refractivity (Wildman–Crippen MR) is 84.2 cm³/mol. The first-order valence-corrected chi connectivity index (χ1v) is 7.46. The Labute approximate surface area is 119 Å². The van der Waals surface area contributed by atoms with Gasteiger partial charge in [0, 0.05) is 16.6 Å². The lowest BCUT2D eigenvalue weighted by molar-refractivity contribution is 0.580. The average Bonchev–Trinajstić information content (AvgIpc) is 2.85. The molecule has 1 N–H and O–H groups in total. The number of aromatic amines is 1. The summed E-state index contributed by atoms with van der Waals surface area (Å²) in [5.74, 6) is 0.665. The molecule has 0 bridgehead atoms. The van der Waals surface area contributed by atoms with Gasteiger partial charge in [-0.15, -0.1) is 0 Å². The maximum absolute atomic E-state index is 3.64. The van der Waals surface area contributed by atoms with Gasteiger partial charge in [0.05, 0.1) is 0 Å². The minimum atomic E-state index is 0.665. The number of aromatic nitrogens is 1. The highest BCUT2D eigenvalue weighted by atomic mass is 14.7. The monoisotopic (exact) mass is 261 g/mol. The van der Waals surface area contributed by atoms with Crippen LogP contribution in [0.4, 0.5) is 0 Å². The van der Waals surface area contributed by atoms with Gasteiger partial charge in [0.1, 0.15) is 0 Å². The third kappa shape index (κ3) is 1.85. The molecule has 0 amide bonds. The van der Waals surface area contributed by atoms with Crippen molar-refractivity contribution in [1.29, 1.82) is 0 Å². The molecule has 2 aromatic carbocycles. The van der Waals surface area contributed by atoms with Crippen LogP contribution in [-0.4, -0.2) is 4.98 Å². The number of rotatable bonds is 1. The molecule has 0 aliphatic heterocycles. The SMILES string of the molecule is Cc1ccc2[nH]c3c(c2c1)CCC(c1ccccc1)C3. The molecule has 1 aliphatic carbocycles. The molecule has 20 heavy (non-hydrogen) atoms. The number of nitrogens with one attached hydrogen (secondary N) is 1. The van der Waals surface area contributed by atoms with Crippen molar-refractivity contribution in [2.24, 2.45) is 0 Å². The first kappa shape index (κ1) is 11.8. The molecule has 1 aromatic heterocycles. The zero-order valence-electron chi connectivity index (χ0n) is 11.8. The van der Waals surface area contributed by atoms with E-state index in [-0.39, 0.29) is 0 Å². The maximum Gasteiger partial charge on any atom is 0.0459 e. The lowest BCUT2D eigenvalue weighted by atomic mass is 9.82. The van der Waals surface area contributed by atoms with E-state index in [2.05, 4.69) is 60.4 Å². The summed E-state index contributed by atoms with van der Waals surface area (Å²) in [5.41, 5.74) is 7.13. The van der Waals surface area contributed by atoms with Gasteiger partial charge in [-0.25, -0.2) is 0 Å². The molecular weight excluding hydrogens is 242 g/mol. The average molecular weight is 261 g/mol. The number of benzene rings is 2. The van der Waals surface area contributed by atoms with Crippen LogP contribution in [0.1, 0.15) is 34.7 Å². The van der Waals surface area contributed by atoms with Crippen molar-refractivity contribution in [3.8, 4) is 0 Å². The molecule has 1 unspecified atom stereocenters. The van der Waals surface area contributed by atoms with Crippen LogP contribution < -0.4 is 0 Å². The number of hydrogen-bond donors (Lipinski definition) is 1. The maximum atomic E-state index is 3.64. The summed E-state index contributed by atoms with van der Waals surface area (Å²) in [5, 5.41) is 1.44. The van der Waals surface area contributed by atoms with Gasteiger partial charge in [0.2, 0.25) is 0 Å². The minimum absolute atomic E-state index is 0.665.